The fourth-order valence-corrected chi connectivity index (χ4v) is 2.40. The number of nitrogens with zero attached hydrogens (tertiary/aromatic N) is 2. The highest BCUT2D eigenvalue weighted by molar-refractivity contribution is 5.86. The molecule has 102 valence electrons. The molecule has 2 saturated heterocycles. The van der Waals surface area contributed by atoms with Crippen molar-refractivity contribution in [3.8, 4) is 0 Å². The highest BCUT2D eigenvalue weighted by Crippen LogP contribution is 2.15. The molecule has 2 aliphatic rings. The van der Waals surface area contributed by atoms with Gasteiger partial charge in [0.2, 0.25) is 0 Å². The van der Waals surface area contributed by atoms with Crippen LogP contribution in [0.4, 0.5) is 4.79 Å². The van der Waals surface area contributed by atoms with Gasteiger partial charge in [-0.05, 0) is 6.92 Å². The molecule has 2 aliphatic heterocycles. The van der Waals surface area contributed by atoms with Crippen molar-refractivity contribution in [2.45, 2.75) is 19.4 Å². The standard InChI is InChI=1S/C12H20N2O4/c1-2-18-12(16)14-4-3-11(15)10(9-14)13-5-7-17-8-6-13/h10H,2-9H2,1H3. The van der Waals surface area contributed by atoms with Gasteiger partial charge in [-0.15, -0.1) is 0 Å². The summed E-state index contributed by atoms with van der Waals surface area (Å²) >= 11 is 0. The first kappa shape index (κ1) is 13.3. The van der Waals surface area contributed by atoms with Gasteiger partial charge in [-0.3, -0.25) is 9.69 Å². The number of ketones is 1. The van der Waals surface area contributed by atoms with E-state index in [2.05, 4.69) is 4.90 Å². The third-order valence-corrected chi connectivity index (χ3v) is 3.41. The molecule has 1 amide bonds. The lowest BCUT2D eigenvalue weighted by molar-refractivity contribution is -0.129. The van der Waals surface area contributed by atoms with Crippen LogP contribution in [-0.2, 0) is 14.3 Å². The van der Waals surface area contributed by atoms with E-state index in [1.54, 1.807) is 11.8 Å². The smallest absolute Gasteiger partial charge is 0.409 e. The Morgan fingerprint density at radius 1 is 1.39 bits per heavy atom. The van der Waals surface area contributed by atoms with Crippen LogP contribution in [0, 0.1) is 0 Å². The molecule has 1 unspecified atom stereocenters. The van der Waals surface area contributed by atoms with Crippen molar-refractivity contribution >= 4 is 11.9 Å². The summed E-state index contributed by atoms with van der Waals surface area (Å²) in [6.07, 6.45) is 0.101. The van der Waals surface area contributed by atoms with Crippen LogP contribution >= 0.6 is 0 Å². The number of ether oxygens (including phenoxy) is 2. The topological polar surface area (TPSA) is 59.1 Å². The maximum atomic E-state index is 12.0. The fourth-order valence-electron chi connectivity index (χ4n) is 2.40. The number of rotatable bonds is 2. The zero-order valence-corrected chi connectivity index (χ0v) is 10.8. The molecule has 2 heterocycles. The van der Waals surface area contributed by atoms with E-state index in [0.717, 1.165) is 13.1 Å². The van der Waals surface area contributed by atoms with Crippen LogP contribution in [0.2, 0.25) is 0 Å². The molecule has 2 rings (SSSR count). The Morgan fingerprint density at radius 3 is 2.78 bits per heavy atom. The van der Waals surface area contributed by atoms with Gasteiger partial charge in [0.05, 0.1) is 25.9 Å². The lowest BCUT2D eigenvalue weighted by Gasteiger charge is -2.39. The summed E-state index contributed by atoms with van der Waals surface area (Å²) in [4.78, 5) is 27.4. The van der Waals surface area contributed by atoms with Gasteiger partial charge in [0.15, 0.2) is 5.78 Å². The van der Waals surface area contributed by atoms with Crippen molar-refractivity contribution in [2.75, 3.05) is 46.0 Å². The average Bonchev–Trinajstić information content (AvgIpc) is 2.40. The Morgan fingerprint density at radius 2 is 2.11 bits per heavy atom. The minimum absolute atomic E-state index is 0.188. The Bertz CT molecular complexity index is 315. The zero-order valence-electron chi connectivity index (χ0n) is 10.8. The van der Waals surface area contributed by atoms with Gasteiger partial charge in [-0.1, -0.05) is 0 Å². The molecule has 0 saturated carbocycles. The van der Waals surface area contributed by atoms with Crippen LogP contribution in [0.15, 0.2) is 0 Å². The van der Waals surface area contributed by atoms with Crippen LogP contribution < -0.4 is 0 Å². The van der Waals surface area contributed by atoms with Gasteiger partial charge in [-0.2, -0.15) is 0 Å². The van der Waals surface area contributed by atoms with E-state index in [1.165, 1.54) is 0 Å². The van der Waals surface area contributed by atoms with E-state index < -0.39 is 0 Å². The predicted molar refractivity (Wildman–Crippen MR) is 64.4 cm³/mol. The van der Waals surface area contributed by atoms with E-state index in [9.17, 15) is 9.59 Å². The van der Waals surface area contributed by atoms with E-state index >= 15 is 0 Å². The first-order chi connectivity index (χ1) is 8.72. The zero-order chi connectivity index (χ0) is 13.0. The molecule has 0 aromatic carbocycles. The highest BCUT2D eigenvalue weighted by atomic mass is 16.6. The van der Waals surface area contributed by atoms with Gasteiger partial charge in [0, 0.05) is 32.6 Å². The molecule has 1 atom stereocenters. The first-order valence-corrected chi connectivity index (χ1v) is 6.48. The number of Topliss-reactive ketones (excluding diaryl/α,β-unsaturated/α-hetero) is 1. The van der Waals surface area contributed by atoms with Crippen LogP contribution in [-0.4, -0.2) is 73.7 Å². The number of amides is 1. The molecule has 0 aromatic rings. The molecule has 2 fully saturated rings. The molecule has 0 aliphatic carbocycles. The second kappa shape index (κ2) is 6.15. The van der Waals surface area contributed by atoms with E-state index in [0.29, 0.717) is 39.3 Å². The quantitative estimate of drug-likeness (QED) is 0.702. The van der Waals surface area contributed by atoms with Crippen molar-refractivity contribution in [1.29, 1.82) is 0 Å². The van der Waals surface area contributed by atoms with Crippen LogP contribution in [0.25, 0.3) is 0 Å². The van der Waals surface area contributed by atoms with Crippen molar-refractivity contribution in [3.05, 3.63) is 0 Å². The van der Waals surface area contributed by atoms with Crippen LogP contribution in [0.3, 0.4) is 0 Å². The molecule has 6 nitrogen and oxygen atoms in total. The van der Waals surface area contributed by atoms with Gasteiger partial charge in [0.25, 0.3) is 0 Å². The summed E-state index contributed by atoms with van der Waals surface area (Å²) in [5.41, 5.74) is 0. The molecular formula is C12H20N2O4. The summed E-state index contributed by atoms with van der Waals surface area (Å²) in [7, 11) is 0. The molecule has 0 radical (unpaired) electrons. The summed E-state index contributed by atoms with van der Waals surface area (Å²) < 4.78 is 10.3. The number of hydrogen-bond donors (Lipinski definition) is 0. The van der Waals surface area contributed by atoms with Crippen molar-refractivity contribution in [1.82, 2.24) is 9.80 Å². The largest absolute Gasteiger partial charge is 0.450 e. The number of carbonyl (C=O) groups excluding carboxylic acids is 2. The molecule has 0 spiro atoms. The molecule has 6 heteroatoms. The third-order valence-electron chi connectivity index (χ3n) is 3.41. The minimum Gasteiger partial charge on any atom is -0.450 e. The minimum atomic E-state index is -0.316. The fraction of sp³-hybridized carbons (Fsp3) is 0.833. The third kappa shape index (κ3) is 3.00. The first-order valence-electron chi connectivity index (χ1n) is 6.48. The van der Waals surface area contributed by atoms with Gasteiger partial charge < -0.3 is 14.4 Å². The monoisotopic (exact) mass is 256 g/mol. The van der Waals surface area contributed by atoms with E-state index in [1.807, 2.05) is 0 Å². The summed E-state index contributed by atoms with van der Waals surface area (Å²) in [5, 5.41) is 0. The summed E-state index contributed by atoms with van der Waals surface area (Å²) in [6, 6.07) is -0.188. The van der Waals surface area contributed by atoms with E-state index in [-0.39, 0.29) is 17.9 Å². The Kier molecular flexibility index (Phi) is 4.54. The molecule has 0 aromatic heterocycles. The van der Waals surface area contributed by atoms with Crippen molar-refractivity contribution < 1.29 is 19.1 Å². The van der Waals surface area contributed by atoms with Crippen molar-refractivity contribution in [3.63, 3.8) is 0 Å². The lowest BCUT2D eigenvalue weighted by Crippen LogP contribution is -2.57. The number of piperidine rings is 1. The summed E-state index contributed by atoms with van der Waals surface area (Å²) in [6.45, 7) is 5.89. The second-order valence-corrected chi connectivity index (χ2v) is 4.53. The van der Waals surface area contributed by atoms with Crippen LogP contribution in [0.1, 0.15) is 13.3 Å². The summed E-state index contributed by atoms with van der Waals surface area (Å²) in [5.74, 6) is 0.220. The number of carbonyl (C=O) groups is 2. The maximum Gasteiger partial charge on any atom is 0.409 e. The Hall–Kier alpha value is -1.14. The Labute approximate surface area is 107 Å². The number of hydrogen-bond acceptors (Lipinski definition) is 5. The molecule has 0 bridgehead atoms. The molecule has 0 N–H and O–H groups in total. The maximum absolute atomic E-state index is 12.0. The lowest BCUT2D eigenvalue weighted by atomic mass is 10.0. The molecule has 18 heavy (non-hydrogen) atoms. The van der Waals surface area contributed by atoms with Crippen molar-refractivity contribution in [2.24, 2.45) is 0 Å². The normalized spacial score (nSPS) is 26.2. The Balaban J connectivity index is 1.95. The SMILES string of the molecule is CCOC(=O)N1CCC(=O)C(N2CCOCC2)C1. The van der Waals surface area contributed by atoms with E-state index in [4.69, 9.17) is 9.47 Å². The van der Waals surface area contributed by atoms with Gasteiger partial charge in [-0.25, -0.2) is 4.79 Å². The number of morpholine rings is 1. The molecular weight excluding hydrogens is 236 g/mol. The number of likely N-dealkylation sites (tertiary alicyclic amines) is 1. The van der Waals surface area contributed by atoms with Gasteiger partial charge >= 0.3 is 6.09 Å². The van der Waals surface area contributed by atoms with Gasteiger partial charge in [0.1, 0.15) is 0 Å². The highest BCUT2D eigenvalue weighted by Gasteiger charge is 2.34. The van der Waals surface area contributed by atoms with Crippen LogP contribution in [0.5, 0.6) is 0 Å². The average molecular weight is 256 g/mol. The predicted octanol–water partition coefficient (Wildman–Crippen LogP) is 0.119. The second-order valence-electron chi connectivity index (χ2n) is 4.53.